The highest BCUT2D eigenvalue weighted by atomic mass is 16.7. The summed E-state index contributed by atoms with van der Waals surface area (Å²) in [5.41, 5.74) is 2.81. The topological polar surface area (TPSA) is 75.6 Å². The molecule has 2 aromatic rings. The van der Waals surface area contributed by atoms with Crippen LogP contribution in [0.15, 0.2) is 42.5 Å². The molecule has 112 valence electrons. The minimum atomic E-state index is -2.30. The van der Waals surface area contributed by atoms with Crippen molar-refractivity contribution in [2.75, 3.05) is 5.32 Å². The number of aryl methyl sites for hydroxylation is 1. The largest absolute Gasteiger partial charge is 0.415 e. The van der Waals surface area contributed by atoms with Crippen molar-refractivity contribution in [3.63, 3.8) is 0 Å². The normalized spacial score (nSPS) is 19.5. The van der Waals surface area contributed by atoms with Crippen LogP contribution in [0.2, 0.25) is 0 Å². The van der Waals surface area contributed by atoms with E-state index in [-0.39, 0.29) is 11.1 Å². The Morgan fingerprint density at radius 2 is 1.86 bits per heavy atom. The second-order valence-electron chi connectivity index (χ2n) is 5.28. The second kappa shape index (κ2) is 4.96. The molecular formula is C17H15NO4. The van der Waals surface area contributed by atoms with Gasteiger partial charge in [0.2, 0.25) is 0 Å². The molecule has 2 aromatic carbocycles. The molecule has 22 heavy (non-hydrogen) atoms. The zero-order valence-electron chi connectivity index (χ0n) is 12.2. The number of carbonyl (C=O) groups excluding carboxylic acids is 2. The van der Waals surface area contributed by atoms with E-state index in [0.717, 1.165) is 11.1 Å². The van der Waals surface area contributed by atoms with Gasteiger partial charge in [0.1, 0.15) is 0 Å². The first-order valence-electron chi connectivity index (χ1n) is 6.86. The van der Waals surface area contributed by atoms with E-state index in [1.165, 1.54) is 12.1 Å². The molecule has 3 rings (SSSR count). The Balaban J connectivity index is 1.96. The summed E-state index contributed by atoms with van der Waals surface area (Å²) in [6.07, 6.45) is 0. The maximum atomic E-state index is 12.5. The number of hydrogen-bond acceptors (Lipinski definition) is 4. The zero-order chi connectivity index (χ0) is 15.9. The van der Waals surface area contributed by atoms with E-state index in [2.05, 4.69) is 5.32 Å². The van der Waals surface area contributed by atoms with Gasteiger partial charge in [0.15, 0.2) is 0 Å². The average molecular weight is 297 g/mol. The average Bonchev–Trinajstić information content (AvgIpc) is 2.77. The molecule has 0 aromatic heterocycles. The minimum absolute atomic E-state index is 0.155. The Morgan fingerprint density at radius 3 is 2.64 bits per heavy atom. The summed E-state index contributed by atoms with van der Waals surface area (Å²) in [5.74, 6) is -3.81. The first-order valence-corrected chi connectivity index (χ1v) is 6.86. The Labute approximate surface area is 127 Å². The van der Waals surface area contributed by atoms with E-state index in [0.29, 0.717) is 5.69 Å². The van der Waals surface area contributed by atoms with E-state index < -0.39 is 17.7 Å². The maximum Gasteiger partial charge on any atom is 0.341 e. The number of carbonyl (C=O) groups is 2. The maximum absolute atomic E-state index is 12.5. The van der Waals surface area contributed by atoms with Crippen molar-refractivity contribution in [2.24, 2.45) is 0 Å². The number of fused-ring (bicyclic) bond motifs is 1. The molecule has 1 amide bonds. The van der Waals surface area contributed by atoms with Gasteiger partial charge >= 0.3 is 17.7 Å². The van der Waals surface area contributed by atoms with E-state index in [1.807, 2.05) is 19.9 Å². The predicted octanol–water partition coefficient (Wildman–Crippen LogP) is 2.26. The monoisotopic (exact) mass is 297 g/mol. The van der Waals surface area contributed by atoms with Gasteiger partial charge in [-0.2, -0.15) is 0 Å². The van der Waals surface area contributed by atoms with E-state index >= 15 is 0 Å². The second-order valence-corrected chi connectivity index (χ2v) is 5.28. The summed E-state index contributed by atoms with van der Waals surface area (Å²) in [6.45, 7) is 3.79. The van der Waals surface area contributed by atoms with Crippen molar-refractivity contribution in [2.45, 2.75) is 19.6 Å². The van der Waals surface area contributed by atoms with Gasteiger partial charge in [-0.1, -0.05) is 30.3 Å². The van der Waals surface area contributed by atoms with E-state index in [9.17, 15) is 14.7 Å². The van der Waals surface area contributed by atoms with Crippen molar-refractivity contribution >= 4 is 17.6 Å². The van der Waals surface area contributed by atoms with Crippen LogP contribution in [0, 0.1) is 13.8 Å². The molecule has 0 aliphatic carbocycles. The molecule has 0 saturated heterocycles. The summed E-state index contributed by atoms with van der Waals surface area (Å²) in [7, 11) is 0. The molecule has 1 aliphatic heterocycles. The molecule has 0 bridgehead atoms. The Bertz CT molecular complexity index is 784. The summed E-state index contributed by atoms with van der Waals surface area (Å²) in [6, 6.07) is 11.8. The number of esters is 1. The Kier molecular flexibility index (Phi) is 3.22. The van der Waals surface area contributed by atoms with Crippen LogP contribution >= 0.6 is 0 Å². The molecule has 1 heterocycles. The Morgan fingerprint density at radius 1 is 1.14 bits per heavy atom. The van der Waals surface area contributed by atoms with Gasteiger partial charge in [-0.05, 0) is 37.1 Å². The van der Waals surface area contributed by atoms with Crippen LogP contribution in [0.25, 0.3) is 0 Å². The lowest BCUT2D eigenvalue weighted by Crippen LogP contribution is -2.40. The molecular weight excluding hydrogens is 282 g/mol. The molecule has 1 atom stereocenters. The number of amides is 1. The van der Waals surface area contributed by atoms with Gasteiger partial charge in [0.05, 0.1) is 5.56 Å². The fourth-order valence-electron chi connectivity index (χ4n) is 2.46. The molecule has 0 fully saturated rings. The van der Waals surface area contributed by atoms with Crippen molar-refractivity contribution in [1.29, 1.82) is 0 Å². The van der Waals surface area contributed by atoms with Crippen molar-refractivity contribution in [1.82, 2.24) is 0 Å². The summed E-state index contributed by atoms with van der Waals surface area (Å²) < 4.78 is 4.93. The van der Waals surface area contributed by atoms with Crippen LogP contribution in [-0.4, -0.2) is 17.0 Å². The summed E-state index contributed by atoms with van der Waals surface area (Å²) >= 11 is 0. The van der Waals surface area contributed by atoms with Crippen LogP contribution in [-0.2, 0) is 15.3 Å². The number of cyclic esters (lactones) is 1. The highest BCUT2D eigenvalue weighted by molar-refractivity contribution is 6.05. The van der Waals surface area contributed by atoms with E-state index in [1.54, 1.807) is 24.3 Å². The standard InChI is InChI=1S/C17H15NO4/c1-10-6-5-9-14(11(10)2)18-16(20)17(21)13-8-4-3-7-12(13)15(19)22-17/h3-9,21H,1-2H3,(H,18,20). The number of nitrogens with one attached hydrogen (secondary N) is 1. The van der Waals surface area contributed by atoms with Gasteiger partial charge in [0.25, 0.3) is 0 Å². The molecule has 5 nitrogen and oxygen atoms in total. The van der Waals surface area contributed by atoms with Gasteiger partial charge in [-0.3, -0.25) is 4.79 Å². The zero-order valence-corrected chi connectivity index (χ0v) is 12.2. The third-order valence-corrected chi connectivity index (χ3v) is 3.91. The lowest BCUT2D eigenvalue weighted by molar-refractivity contribution is -0.180. The van der Waals surface area contributed by atoms with Crippen LogP contribution < -0.4 is 5.32 Å². The van der Waals surface area contributed by atoms with Crippen LogP contribution in [0.3, 0.4) is 0 Å². The summed E-state index contributed by atoms with van der Waals surface area (Å²) in [5, 5.41) is 13.2. The molecule has 1 aliphatic rings. The lowest BCUT2D eigenvalue weighted by atomic mass is 10.0. The molecule has 0 spiro atoms. The number of rotatable bonds is 2. The first kappa shape index (κ1) is 14.3. The number of hydrogen-bond donors (Lipinski definition) is 2. The smallest absolute Gasteiger partial charge is 0.341 e. The quantitative estimate of drug-likeness (QED) is 0.834. The number of aliphatic hydroxyl groups is 1. The highest BCUT2D eigenvalue weighted by Gasteiger charge is 2.50. The minimum Gasteiger partial charge on any atom is -0.415 e. The number of anilines is 1. The number of benzene rings is 2. The van der Waals surface area contributed by atoms with Gasteiger partial charge < -0.3 is 15.2 Å². The summed E-state index contributed by atoms with van der Waals surface area (Å²) in [4.78, 5) is 24.3. The SMILES string of the molecule is Cc1cccc(NC(=O)C2(O)OC(=O)c3ccccc32)c1C. The highest BCUT2D eigenvalue weighted by Crippen LogP contribution is 2.35. The molecule has 0 saturated carbocycles. The van der Waals surface area contributed by atoms with Crippen molar-refractivity contribution in [3.05, 3.63) is 64.7 Å². The molecule has 1 unspecified atom stereocenters. The molecule has 5 heteroatoms. The fourth-order valence-corrected chi connectivity index (χ4v) is 2.46. The van der Waals surface area contributed by atoms with E-state index in [4.69, 9.17) is 4.74 Å². The molecule has 0 radical (unpaired) electrons. The predicted molar refractivity (Wildman–Crippen MR) is 80.3 cm³/mol. The third-order valence-electron chi connectivity index (χ3n) is 3.91. The first-order chi connectivity index (χ1) is 10.4. The fraction of sp³-hybridized carbons (Fsp3) is 0.176. The van der Waals surface area contributed by atoms with Crippen LogP contribution in [0.1, 0.15) is 27.0 Å². The third kappa shape index (κ3) is 2.07. The molecule has 2 N–H and O–H groups in total. The van der Waals surface area contributed by atoms with Crippen LogP contribution in [0.5, 0.6) is 0 Å². The van der Waals surface area contributed by atoms with Crippen molar-refractivity contribution < 1.29 is 19.4 Å². The van der Waals surface area contributed by atoms with Crippen molar-refractivity contribution in [3.8, 4) is 0 Å². The van der Waals surface area contributed by atoms with Gasteiger partial charge in [-0.15, -0.1) is 0 Å². The Hall–Kier alpha value is -2.66. The number of ether oxygens (including phenoxy) is 1. The van der Waals surface area contributed by atoms with Gasteiger partial charge in [-0.25, -0.2) is 4.79 Å². The lowest BCUT2D eigenvalue weighted by Gasteiger charge is -2.22. The van der Waals surface area contributed by atoms with Crippen LogP contribution in [0.4, 0.5) is 5.69 Å². The van der Waals surface area contributed by atoms with Gasteiger partial charge in [0, 0.05) is 11.3 Å².